The van der Waals surface area contributed by atoms with Crippen molar-refractivity contribution in [3.05, 3.63) is 34.3 Å². The van der Waals surface area contributed by atoms with E-state index in [2.05, 4.69) is 15.9 Å². The average Bonchev–Trinajstić information content (AvgIpc) is 2.60. The molecule has 1 heterocycles. The first kappa shape index (κ1) is 13.8. The van der Waals surface area contributed by atoms with Gasteiger partial charge in [-0.05, 0) is 24.6 Å². The summed E-state index contributed by atoms with van der Waals surface area (Å²) in [7, 11) is 0. The third-order valence-electron chi connectivity index (χ3n) is 3.45. The van der Waals surface area contributed by atoms with Gasteiger partial charge in [0.2, 0.25) is 11.8 Å². The number of carbonyl (C=O) groups excluding carboxylic acids is 2. The highest BCUT2D eigenvalue weighted by molar-refractivity contribution is 9.10. The van der Waals surface area contributed by atoms with Crippen LogP contribution in [-0.4, -0.2) is 23.3 Å². The van der Waals surface area contributed by atoms with E-state index in [1.807, 2.05) is 30.3 Å². The van der Waals surface area contributed by atoms with Crippen molar-refractivity contribution in [1.29, 1.82) is 5.26 Å². The van der Waals surface area contributed by atoms with E-state index in [9.17, 15) is 9.59 Å². The molecule has 0 aliphatic carbocycles. The van der Waals surface area contributed by atoms with Crippen LogP contribution in [-0.2, 0) is 15.0 Å². The Labute approximate surface area is 120 Å². The van der Waals surface area contributed by atoms with Crippen molar-refractivity contribution in [1.82, 2.24) is 4.90 Å². The molecule has 98 valence electrons. The van der Waals surface area contributed by atoms with Crippen LogP contribution >= 0.6 is 15.9 Å². The van der Waals surface area contributed by atoms with Gasteiger partial charge in [-0.1, -0.05) is 28.1 Å². The van der Waals surface area contributed by atoms with Crippen LogP contribution in [0.1, 0.15) is 25.3 Å². The van der Waals surface area contributed by atoms with E-state index in [1.54, 1.807) is 6.92 Å². The average molecular weight is 321 g/mol. The predicted octanol–water partition coefficient (Wildman–Crippen LogP) is 2.38. The highest BCUT2D eigenvalue weighted by atomic mass is 79.9. The second kappa shape index (κ2) is 5.14. The third-order valence-corrected chi connectivity index (χ3v) is 3.98. The molecule has 0 aromatic heterocycles. The summed E-state index contributed by atoms with van der Waals surface area (Å²) in [6.45, 7) is 1.96. The van der Waals surface area contributed by atoms with Gasteiger partial charge in [0.15, 0.2) is 0 Å². The van der Waals surface area contributed by atoms with Gasteiger partial charge >= 0.3 is 0 Å². The van der Waals surface area contributed by atoms with Gasteiger partial charge in [-0.25, -0.2) is 0 Å². The molecule has 2 rings (SSSR count). The fraction of sp³-hybridized carbons (Fsp3) is 0.357. The molecule has 1 aromatic rings. The topological polar surface area (TPSA) is 61.2 Å². The largest absolute Gasteiger partial charge is 0.281 e. The van der Waals surface area contributed by atoms with Crippen LogP contribution in [0.2, 0.25) is 0 Å². The zero-order valence-corrected chi connectivity index (χ0v) is 12.1. The molecular weight excluding hydrogens is 308 g/mol. The van der Waals surface area contributed by atoms with Crippen LogP contribution in [0.15, 0.2) is 28.7 Å². The summed E-state index contributed by atoms with van der Waals surface area (Å²) in [5.74, 6) is -0.416. The highest BCUT2D eigenvalue weighted by Gasteiger charge is 2.48. The number of halogens is 1. The maximum atomic E-state index is 12.4. The molecule has 0 unspecified atom stereocenters. The fourth-order valence-electron chi connectivity index (χ4n) is 2.32. The summed E-state index contributed by atoms with van der Waals surface area (Å²) in [5.41, 5.74) is 0.0151. The lowest BCUT2D eigenvalue weighted by molar-refractivity contribution is -0.139. The van der Waals surface area contributed by atoms with Gasteiger partial charge in [0, 0.05) is 17.4 Å². The summed E-state index contributed by atoms with van der Waals surface area (Å²) in [5, 5.41) is 8.57. The van der Waals surface area contributed by atoms with E-state index in [0.717, 1.165) is 10.0 Å². The second-order valence-electron chi connectivity index (χ2n) is 4.77. The Morgan fingerprint density at radius 1 is 1.37 bits per heavy atom. The van der Waals surface area contributed by atoms with Crippen LogP contribution in [0.4, 0.5) is 0 Å². The number of hydrogen-bond donors (Lipinski definition) is 0. The quantitative estimate of drug-likeness (QED) is 0.803. The van der Waals surface area contributed by atoms with Crippen molar-refractivity contribution in [3.8, 4) is 6.07 Å². The molecule has 1 aliphatic rings. The third kappa shape index (κ3) is 2.41. The number of likely N-dealkylation sites (tertiary alicyclic amines) is 1. The molecule has 0 N–H and O–H groups in total. The van der Waals surface area contributed by atoms with E-state index in [-0.39, 0.29) is 31.2 Å². The number of amides is 2. The summed E-state index contributed by atoms with van der Waals surface area (Å²) < 4.78 is 0.929. The van der Waals surface area contributed by atoms with E-state index < -0.39 is 5.41 Å². The first-order chi connectivity index (χ1) is 8.99. The summed E-state index contributed by atoms with van der Waals surface area (Å²) >= 11 is 3.35. The van der Waals surface area contributed by atoms with E-state index in [0.29, 0.717) is 0 Å². The number of carbonyl (C=O) groups is 2. The Balaban J connectivity index is 2.30. The maximum Gasteiger partial charge on any atom is 0.240 e. The fourth-order valence-corrected chi connectivity index (χ4v) is 2.58. The minimum Gasteiger partial charge on any atom is -0.281 e. The van der Waals surface area contributed by atoms with E-state index >= 15 is 0 Å². The molecule has 0 saturated carbocycles. The normalized spacial score (nSPS) is 22.7. The molecule has 1 saturated heterocycles. The molecule has 2 amide bonds. The number of benzene rings is 1. The van der Waals surface area contributed by atoms with Crippen molar-refractivity contribution < 1.29 is 9.59 Å². The first-order valence-electron chi connectivity index (χ1n) is 5.97. The standard InChI is InChI=1S/C14H13BrN2O2/c1-14(10-3-5-11(15)6-4-10)9-12(18)17(13(14)19)8-2-7-16/h3-6H,2,8-9H2,1H3/t14-/m0/s1. The van der Waals surface area contributed by atoms with Gasteiger partial charge in [-0.3, -0.25) is 14.5 Å². The van der Waals surface area contributed by atoms with Crippen LogP contribution < -0.4 is 0 Å². The maximum absolute atomic E-state index is 12.4. The Morgan fingerprint density at radius 3 is 2.58 bits per heavy atom. The van der Waals surface area contributed by atoms with Gasteiger partial charge in [0.25, 0.3) is 0 Å². The Bertz CT molecular complexity index is 562. The predicted molar refractivity (Wildman–Crippen MR) is 73.1 cm³/mol. The molecule has 0 bridgehead atoms. The molecular formula is C14H13BrN2O2. The zero-order chi connectivity index (χ0) is 14.0. The number of imide groups is 1. The summed E-state index contributed by atoms with van der Waals surface area (Å²) in [6.07, 6.45) is 0.340. The van der Waals surface area contributed by atoms with Gasteiger partial charge in [0.1, 0.15) is 0 Å². The Morgan fingerprint density at radius 2 is 2.00 bits per heavy atom. The smallest absolute Gasteiger partial charge is 0.240 e. The monoisotopic (exact) mass is 320 g/mol. The molecule has 5 heteroatoms. The molecule has 0 spiro atoms. The molecule has 19 heavy (non-hydrogen) atoms. The van der Waals surface area contributed by atoms with Gasteiger partial charge in [0.05, 0.1) is 17.9 Å². The zero-order valence-electron chi connectivity index (χ0n) is 10.5. The molecule has 0 radical (unpaired) electrons. The van der Waals surface area contributed by atoms with Crippen molar-refractivity contribution in [2.75, 3.05) is 6.54 Å². The Kier molecular flexibility index (Phi) is 3.72. The number of hydrogen-bond acceptors (Lipinski definition) is 3. The van der Waals surface area contributed by atoms with Crippen LogP contribution in [0.25, 0.3) is 0 Å². The molecule has 1 aliphatic heterocycles. The first-order valence-corrected chi connectivity index (χ1v) is 6.76. The lowest BCUT2D eigenvalue weighted by atomic mass is 9.81. The van der Waals surface area contributed by atoms with E-state index in [1.165, 1.54) is 4.90 Å². The number of nitrogens with zero attached hydrogens (tertiary/aromatic N) is 2. The number of nitriles is 1. The summed E-state index contributed by atoms with van der Waals surface area (Å²) in [4.78, 5) is 25.5. The van der Waals surface area contributed by atoms with Gasteiger partial charge < -0.3 is 0 Å². The van der Waals surface area contributed by atoms with Gasteiger partial charge in [-0.2, -0.15) is 5.26 Å². The lowest BCUT2D eigenvalue weighted by Gasteiger charge is -2.22. The van der Waals surface area contributed by atoms with Crippen LogP contribution in [0.3, 0.4) is 0 Å². The lowest BCUT2D eigenvalue weighted by Crippen LogP contribution is -2.37. The van der Waals surface area contributed by atoms with Crippen molar-refractivity contribution in [3.63, 3.8) is 0 Å². The minimum atomic E-state index is -0.812. The van der Waals surface area contributed by atoms with Crippen molar-refractivity contribution in [2.24, 2.45) is 0 Å². The molecule has 1 aromatic carbocycles. The minimum absolute atomic E-state index is 0.166. The Hall–Kier alpha value is -1.67. The molecule has 1 fully saturated rings. The SMILES string of the molecule is C[C@@]1(c2ccc(Br)cc2)CC(=O)N(CCC#N)C1=O. The van der Waals surface area contributed by atoms with Crippen LogP contribution in [0.5, 0.6) is 0 Å². The van der Waals surface area contributed by atoms with Crippen LogP contribution in [0, 0.1) is 11.3 Å². The number of rotatable bonds is 3. The van der Waals surface area contributed by atoms with Crippen molar-refractivity contribution >= 4 is 27.7 Å². The van der Waals surface area contributed by atoms with E-state index in [4.69, 9.17) is 5.26 Å². The summed E-state index contributed by atoms with van der Waals surface area (Å²) in [6, 6.07) is 9.37. The van der Waals surface area contributed by atoms with Crippen molar-refractivity contribution in [2.45, 2.75) is 25.2 Å². The molecule has 4 nitrogen and oxygen atoms in total. The highest BCUT2D eigenvalue weighted by Crippen LogP contribution is 2.36. The van der Waals surface area contributed by atoms with Gasteiger partial charge in [-0.15, -0.1) is 0 Å². The second-order valence-corrected chi connectivity index (χ2v) is 5.69. The molecule has 1 atom stereocenters.